The molecule has 4 nitrogen and oxygen atoms in total. The molecule has 0 aliphatic carbocycles. The zero-order chi connectivity index (χ0) is 10.6. The molecule has 0 aliphatic rings. The molecule has 0 radical (unpaired) electrons. The van der Waals surface area contributed by atoms with Crippen molar-refractivity contribution < 1.29 is 0 Å². The summed E-state index contributed by atoms with van der Waals surface area (Å²) >= 11 is 0. The van der Waals surface area contributed by atoms with E-state index >= 15 is 0 Å². The standard InChI is InChI=1S/C10H20N4/c1-8(14(3)4)5-11-6-10-7-12-9(2)13-10/h7-8,11H,5-6H2,1-4H3,(H,12,13). The molecule has 1 unspecified atom stereocenters. The van der Waals surface area contributed by atoms with Gasteiger partial charge in [0.2, 0.25) is 0 Å². The van der Waals surface area contributed by atoms with E-state index in [1.807, 2.05) is 13.1 Å². The van der Waals surface area contributed by atoms with Gasteiger partial charge in [0, 0.05) is 31.0 Å². The number of aromatic amines is 1. The van der Waals surface area contributed by atoms with Crippen LogP contribution in [0.3, 0.4) is 0 Å². The SMILES string of the molecule is Cc1ncc(CNCC(C)N(C)C)[nH]1. The van der Waals surface area contributed by atoms with Gasteiger partial charge in [-0.05, 0) is 27.9 Å². The third-order valence-corrected chi connectivity index (χ3v) is 2.39. The van der Waals surface area contributed by atoms with Crippen molar-refractivity contribution in [2.45, 2.75) is 26.4 Å². The molecule has 4 heteroatoms. The summed E-state index contributed by atoms with van der Waals surface area (Å²) < 4.78 is 0. The first-order chi connectivity index (χ1) is 6.59. The van der Waals surface area contributed by atoms with Crippen molar-refractivity contribution in [3.05, 3.63) is 17.7 Å². The number of nitrogens with one attached hydrogen (secondary N) is 2. The molecule has 1 aromatic heterocycles. The summed E-state index contributed by atoms with van der Waals surface area (Å²) in [6.45, 7) is 6.02. The monoisotopic (exact) mass is 196 g/mol. The number of nitrogens with zero attached hydrogens (tertiary/aromatic N) is 2. The van der Waals surface area contributed by atoms with Crippen molar-refractivity contribution in [3.8, 4) is 0 Å². The number of aromatic nitrogens is 2. The number of H-pyrrole nitrogens is 1. The van der Waals surface area contributed by atoms with E-state index in [1.54, 1.807) is 0 Å². The van der Waals surface area contributed by atoms with E-state index in [9.17, 15) is 0 Å². The van der Waals surface area contributed by atoms with Gasteiger partial charge < -0.3 is 15.2 Å². The van der Waals surface area contributed by atoms with Crippen LogP contribution in [0.1, 0.15) is 18.4 Å². The van der Waals surface area contributed by atoms with Gasteiger partial charge in [0.1, 0.15) is 5.82 Å². The molecule has 0 saturated carbocycles. The molecule has 1 aromatic rings. The summed E-state index contributed by atoms with van der Waals surface area (Å²) in [4.78, 5) is 9.53. The fourth-order valence-electron chi connectivity index (χ4n) is 1.16. The molecular formula is C10H20N4. The molecule has 14 heavy (non-hydrogen) atoms. The Bertz CT molecular complexity index is 267. The predicted octanol–water partition coefficient (Wildman–Crippen LogP) is 0.758. The maximum atomic E-state index is 4.14. The van der Waals surface area contributed by atoms with Crippen LogP contribution in [0, 0.1) is 6.92 Å². The first-order valence-electron chi connectivity index (χ1n) is 4.97. The fourth-order valence-corrected chi connectivity index (χ4v) is 1.16. The Kier molecular flexibility index (Phi) is 4.10. The van der Waals surface area contributed by atoms with Crippen LogP contribution in [0.15, 0.2) is 6.20 Å². The van der Waals surface area contributed by atoms with Crippen LogP contribution in [-0.4, -0.2) is 41.5 Å². The highest BCUT2D eigenvalue weighted by Crippen LogP contribution is 1.95. The summed E-state index contributed by atoms with van der Waals surface area (Å²) in [5.74, 6) is 0.974. The van der Waals surface area contributed by atoms with Crippen LogP contribution < -0.4 is 5.32 Å². The van der Waals surface area contributed by atoms with Crippen molar-refractivity contribution in [1.82, 2.24) is 20.2 Å². The molecule has 0 bridgehead atoms. The topological polar surface area (TPSA) is 44.0 Å². The highest BCUT2D eigenvalue weighted by molar-refractivity contribution is 4.99. The van der Waals surface area contributed by atoms with Gasteiger partial charge in [-0.2, -0.15) is 0 Å². The van der Waals surface area contributed by atoms with Gasteiger partial charge in [-0.15, -0.1) is 0 Å². The number of rotatable bonds is 5. The summed E-state index contributed by atoms with van der Waals surface area (Å²) in [5.41, 5.74) is 1.15. The number of likely N-dealkylation sites (N-methyl/N-ethyl adjacent to an activating group) is 1. The van der Waals surface area contributed by atoms with E-state index in [-0.39, 0.29) is 0 Å². The molecule has 1 heterocycles. The second-order valence-corrected chi connectivity index (χ2v) is 3.94. The molecule has 2 N–H and O–H groups in total. The average molecular weight is 196 g/mol. The number of aryl methyl sites for hydroxylation is 1. The molecule has 1 rings (SSSR count). The van der Waals surface area contributed by atoms with Crippen molar-refractivity contribution in [2.75, 3.05) is 20.6 Å². The van der Waals surface area contributed by atoms with E-state index in [0.717, 1.165) is 24.6 Å². The van der Waals surface area contributed by atoms with Crippen LogP contribution in [0.5, 0.6) is 0 Å². The van der Waals surface area contributed by atoms with Crippen molar-refractivity contribution in [3.63, 3.8) is 0 Å². The van der Waals surface area contributed by atoms with E-state index in [4.69, 9.17) is 0 Å². The summed E-state index contributed by atoms with van der Waals surface area (Å²) in [6, 6.07) is 0.555. The maximum absolute atomic E-state index is 4.14. The van der Waals surface area contributed by atoms with Gasteiger partial charge in [-0.1, -0.05) is 0 Å². The first-order valence-corrected chi connectivity index (χ1v) is 4.97. The van der Waals surface area contributed by atoms with Gasteiger partial charge in [0.25, 0.3) is 0 Å². The Morgan fingerprint density at radius 1 is 1.57 bits per heavy atom. The lowest BCUT2D eigenvalue weighted by Gasteiger charge is -2.19. The van der Waals surface area contributed by atoms with E-state index in [1.165, 1.54) is 0 Å². The summed E-state index contributed by atoms with van der Waals surface area (Å²) in [6.07, 6.45) is 1.88. The number of imidazole rings is 1. The zero-order valence-electron chi connectivity index (χ0n) is 9.46. The molecule has 80 valence electrons. The fraction of sp³-hybridized carbons (Fsp3) is 0.700. The minimum atomic E-state index is 0.555. The lowest BCUT2D eigenvalue weighted by molar-refractivity contribution is 0.302. The third kappa shape index (κ3) is 3.47. The maximum Gasteiger partial charge on any atom is 0.103 e. The second kappa shape index (κ2) is 5.12. The van der Waals surface area contributed by atoms with Crippen LogP contribution in [-0.2, 0) is 6.54 Å². The Labute approximate surface area is 85.7 Å². The average Bonchev–Trinajstić information content (AvgIpc) is 2.51. The number of hydrogen-bond acceptors (Lipinski definition) is 3. The first kappa shape index (κ1) is 11.2. The third-order valence-electron chi connectivity index (χ3n) is 2.39. The van der Waals surface area contributed by atoms with Crippen molar-refractivity contribution in [1.29, 1.82) is 0 Å². The second-order valence-electron chi connectivity index (χ2n) is 3.94. The van der Waals surface area contributed by atoms with Crippen LogP contribution in [0.4, 0.5) is 0 Å². The molecule has 0 aliphatic heterocycles. The van der Waals surface area contributed by atoms with E-state index in [0.29, 0.717) is 6.04 Å². The normalized spacial score (nSPS) is 13.5. The van der Waals surface area contributed by atoms with Gasteiger partial charge in [0.05, 0.1) is 0 Å². The summed E-state index contributed by atoms with van der Waals surface area (Å²) in [7, 11) is 4.18. The molecule has 1 atom stereocenters. The van der Waals surface area contributed by atoms with Gasteiger partial charge in [-0.3, -0.25) is 0 Å². The lowest BCUT2D eigenvalue weighted by atomic mass is 10.3. The Morgan fingerprint density at radius 3 is 2.79 bits per heavy atom. The Morgan fingerprint density at radius 2 is 2.29 bits per heavy atom. The van der Waals surface area contributed by atoms with Crippen molar-refractivity contribution in [2.24, 2.45) is 0 Å². The van der Waals surface area contributed by atoms with E-state index < -0.39 is 0 Å². The Hall–Kier alpha value is -0.870. The number of hydrogen-bond donors (Lipinski definition) is 2. The summed E-state index contributed by atoms with van der Waals surface area (Å²) in [5, 5.41) is 3.38. The predicted molar refractivity (Wildman–Crippen MR) is 58.2 cm³/mol. The minimum absolute atomic E-state index is 0.555. The van der Waals surface area contributed by atoms with Crippen LogP contribution >= 0.6 is 0 Å². The quantitative estimate of drug-likeness (QED) is 0.730. The molecule has 0 aromatic carbocycles. The van der Waals surface area contributed by atoms with Gasteiger partial charge in [-0.25, -0.2) is 4.98 Å². The molecular weight excluding hydrogens is 176 g/mol. The minimum Gasteiger partial charge on any atom is -0.345 e. The zero-order valence-corrected chi connectivity index (χ0v) is 9.46. The highest BCUT2D eigenvalue weighted by Gasteiger charge is 2.03. The molecule has 0 fully saturated rings. The largest absolute Gasteiger partial charge is 0.345 e. The smallest absolute Gasteiger partial charge is 0.103 e. The van der Waals surface area contributed by atoms with E-state index in [2.05, 4.69) is 41.2 Å². The van der Waals surface area contributed by atoms with Crippen LogP contribution in [0.2, 0.25) is 0 Å². The highest BCUT2D eigenvalue weighted by atomic mass is 15.1. The van der Waals surface area contributed by atoms with Crippen LogP contribution in [0.25, 0.3) is 0 Å². The van der Waals surface area contributed by atoms with Gasteiger partial charge in [0.15, 0.2) is 0 Å². The Balaban J connectivity index is 2.22. The van der Waals surface area contributed by atoms with Gasteiger partial charge >= 0.3 is 0 Å². The molecule has 0 saturated heterocycles. The molecule has 0 amide bonds. The lowest BCUT2D eigenvalue weighted by Crippen LogP contribution is -2.35. The van der Waals surface area contributed by atoms with Crippen molar-refractivity contribution >= 4 is 0 Å². The molecule has 0 spiro atoms.